The molecule has 0 heterocycles. The van der Waals surface area contributed by atoms with Gasteiger partial charge in [-0.2, -0.15) is 0 Å². The van der Waals surface area contributed by atoms with Gasteiger partial charge in [0.05, 0.1) is 0 Å². The topological polar surface area (TPSA) is 24.1 Å². The Bertz CT molecular complexity index is 540. The smallest absolute Gasteiger partial charge is 0.0105 e. The predicted octanol–water partition coefficient (Wildman–Crippen LogP) is 5.15. The second kappa shape index (κ2) is 7.24. The molecule has 2 nitrogen and oxygen atoms in total. The minimum Gasteiger partial charge on any atom is -0.320 e. The van der Waals surface area contributed by atoms with E-state index in [9.17, 15) is 0 Å². The van der Waals surface area contributed by atoms with Crippen molar-refractivity contribution in [3.63, 3.8) is 0 Å². The maximum absolute atomic E-state index is 3.85. The number of fused-ring (bicyclic) bond motifs is 5. The van der Waals surface area contributed by atoms with Gasteiger partial charge >= 0.3 is 0 Å². The third kappa shape index (κ3) is 3.00. The van der Waals surface area contributed by atoms with Gasteiger partial charge in [-0.3, -0.25) is 0 Å². The van der Waals surface area contributed by atoms with Gasteiger partial charge in [0.25, 0.3) is 0 Å². The van der Waals surface area contributed by atoms with Crippen molar-refractivity contribution < 1.29 is 0 Å². The summed E-state index contributed by atoms with van der Waals surface area (Å²) < 4.78 is 0. The highest BCUT2D eigenvalue weighted by Crippen LogP contribution is 2.66. The quantitative estimate of drug-likeness (QED) is 0.524. The summed E-state index contributed by atoms with van der Waals surface area (Å²) in [4.78, 5) is 0. The summed E-state index contributed by atoms with van der Waals surface area (Å²) in [6.07, 6.45) is 15.4. The molecule has 3 saturated carbocycles. The van der Waals surface area contributed by atoms with Crippen molar-refractivity contribution in [1.82, 2.24) is 10.6 Å². The van der Waals surface area contributed by atoms with Gasteiger partial charge in [-0.05, 0) is 112 Å². The minimum absolute atomic E-state index is 0.513. The molecule has 0 aromatic carbocycles. The van der Waals surface area contributed by atoms with E-state index in [0.717, 1.165) is 36.3 Å². The van der Waals surface area contributed by atoms with Crippen molar-refractivity contribution in [2.24, 2.45) is 34.5 Å². The fraction of sp³-hybridized carbons (Fsp3) is 0.917. The van der Waals surface area contributed by atoms with Gasteiger partial charge in [0.15, 0.2) is 0 Å². The lowest BCUT2D eigenvalue weighted by Gasteiger charge is -2.58. The normalized spacial score (nSPS) is 47.7. The van der Waals surface area contributed by atoms with E-state index in [1.54, 1.807) is 0 Å². The molecule has 0 aliphatic heterocycles. The summed E-state index contributed by atoms with van der Waals surface area (Å²) in [5.74, 6) is 3.90. The Morgan fingerprint density at radius 1 is 1.04 bits per heavy atom. The Labute approximate surface area is 162 Å². The summed E-state index contributed by atoms with van der Waals surface area (Å²) in [6.45, 7) is 10.1. The fourth-order valence-corrected chi connectivity index (χ4v) is 7.67. The van der Waals surface area contributed by atoms with Gasteiger partial charge in [0.2, 0.25) is 0 Å². The number of rotatable bonds is 5. The molecule has 4 aliphatic carbocycles. The van der Waals surface area contributed by atoms with Gasteiger partial charge < -0.3 is 10.6 Å². The van der Waals surface area contributed by atoms with Crippen LogP contribution in [-0.2, 0) is 0 Å². The second-order valence-electron chi connectivity index (χ2n) is 10.6. The number of hydrogen-bond donors (Lipinski definition) is 2. The fourth-order valence-electron chi connectivity index (χ4n) is 7.67. The first-order valence-electron chi connectivity index (χ1n) is 11.6. The van der Waals surface area contributed by atoms with Crippen LogP contribution in [0.5, 0.6) is 0 Å². The number of allylic oxidation sites excluding steroid dienone is 1. The Morgan fingerprint density at radius 3 is 2.69 bits per heavy atom. The first kappa shape index (κ1) is 19.0. The van der Waals surface area contributed by atoms with Gasteiger partial charge in [-0.25, -0.2) is 0 Å². The first-order valence-corrected chi connectivity index (χ1v) is 11.6. The van der Waals surface area contributed by atoms with Crippen molar-refractivity contribution in [2.45, 2.75) is 84.6 Å². The Morgan fingerprint density at radius 2 is 1.88 bits per heavy atom. The van der Waals surface area contributed by atoms with Crippen LogP contribution in [0.4, 0.5) is 0 Å². The van der Waals surface area contributed by atoms with E-state index < -0.39 is 0 Å². The van der Waals surface area contributed by atoms with Gasteiger partial charge in [0.1, 0.15) is 0 Å². The van der Waals surface area contributed by atoms with E-state index in [1.165, 1.54) is 64.3 Å². The lowest BCUT2D eigenvalue weighted by atomic mass is 9.47. The third-order valence-electron chi connectivity index (χ3n) is 9.61. The average molecular weight is 359 g/mol. The van der Waals surface area contributed by atoms with Crippen LogP contribution >= 0.6 is 0 Å². The van der Waals surface area contributed by atoms with Crippen LogP contribution in [0.15, 0.2) is 11.6 Å². The first-order chi connectivity index (χ1) is 12.5. The summed E-state index contributed by atoms with van der Waals surface area (Å²) in [6, 6.07) is 0.725. The molecular weight excluding hydrogens is 316 g/mol. The van der Waals surface area contributed by atoms with Crippen molar-refractivity contribution in [2.75, 3.05) is 20.1 Å². The molecule has 148 valence electrons. The molecule has 0 aromatic rings. The standard InChI is InChI=1S/C24H42N2/c1-17-6-9-21-20-8-7-18-16-19(26-15-5-14-25-4)10-12-24(18,3)22(20)11-13-23(17,21)2/h7,17,19-22,25-26H,5-6,8-16H2,1-4H3/t17?,19-,20-,21-,22?,23?,24?/m0/s1. The van der Waals surface area contributed by atoms with Crippen LogP contribution in [0, 0.1) is 34.5 Å². The van der Waals surface area contributed by atoms with E-state index in [4.69, 9.17) is 0 Å². The minimum atomic E-state index is 0.513. The van der Waals surface area contributed by atoms with Gasteiger partial charge in [0, 0.05) is 6.04 Å². The lowest BCUT2D eigenvalue weighted by Crippen LogP contribution is -2.51. The number of hydrogen-bond acceptors (Lipinski definition) is 2. The highest BCUT2D eigenvalue weighted by atomic mass is 14.9. The molecule has 2 N–H and O–H groups in total. The molecule has 4 rings (SSSR count). The molecule has 0 bridgehead atoms. The van der Waals surface area contributed by atoms with Crippen LogP contribution in [0.3, 0.4) is 0 Å². The molecule has 4 unspecified atom stereocenters. The molecule has 0 spiro atoms. The van der Waals surface area contributed by atoms with Crippen LogP contribution in [-0.4, -0.2) is 26.2 Å². The molecule has 0 saturated heterocycles. The maximum atomic E-state index is 3.85. The van der Waals surface area contributed by atoms with E-state index in [0.29, 0.717) is 10.8 Å². The van der Waals surface area contributed by atoms with Crippen LogP contribution in [0.1, 0.15) is 78.6 Å². The molecular formula is C24H42N2. The van der Waals surface area contributed by atoms with Crippen molar-refractivity contribution >= 4 is 0 Å². The third-order valence-corrected chi connectivity index (χ3v) is 9.61. The monoisotopic (exact) mass is 358 g/mol. The average Bonchev–Trinajstić information content (AvgIpc) is 2.94. The zero-order chi connectivity index (χ0) is 18.4. The Balaban J connectivity index is 1.45. The highest BCUT2D eigenvalue weighted by molar-refractivity contribution is 5.25. The van der Waals surface area contributed by atoms with Crippen LogP contribution in [0.25, 0.3) is 0 Å². The molecule has 7 atom stereocenters. The Kier molecular flexibility index (Phi) is 5.29. The summed E-state index contributed by atoms with van der Waals surface area (Å²) in [5.41, 5.74) is 2.99. The predicted molar refractivity (Wildman–Crippen MR) is 111 cm³/mol. The zero-order valence-electron chi connectivity index (χ0n) is 17.7. The van der Waals surface area contributed by atoms with E-state index >= 15 is 0 Å². The highest BCUT2D eigenvalue weighted by Gasteiger charge is 2.57. The summed E-state index contributed by atoms with van der Waals surface area (Å²) >= 11 is 0. The maximum Gasteiger partial charge on any atom is 0.0105 e. The SMILES string of the molecule is CNCCCN[C@H]1CCC2(C)C(=CC[C@@H]3C2CCC2(C)C(C)CC[C@@H]32)C1. The van der Waals surface area contributed by atoms with Crippen LogP contribution < -0.4 is 10.6 Å². The molecule has 3 fully saturated rings. The van der Waals surface area contributed by atoms with E-state index in [2.05, 4.69) is 44.5 Å². The molecule has 0 amide bonds. The molecule has 4 aliphatic rings. The van der Waals surface area contributed by atoms with Crippen LogP contribution in [0.2, 0.25) is 0 Å². The molecule has 0 aromatic heterocycles. The number of nitrogens with one attached hydrogen (secondary N) is 2. The van der Waals surface area contributed by atoms with Crippen molar-refractivity contribution in [3.8, 4) is 0 Å². The van der Waals surface area contributed by atoms with Crippen molar-refractivity contribution in [3.05, 3.63) is 11.6 Å². The molecule has 0 radical (unpaired) electrons. The van der Waals surface area contributed by atoms with Gasteiger partial charge in [-0.15, -0.1) is 0 Å². The molecule has 26 heavy (non-hydrogen) atoms. The second-order valence-corrected chi connectivity index (χ2v) is 10.6. The summed E-state index contributed by atoms with van der Waals surface area (Å²) in [7, 11) is 2.05. The van der Waals surface area contributed by atoms with E-state index in [1.807, 2.05) is 5.57 Å². The lowest BCUT2D eigenvalue weighted by molar-refractivity contribution is -0.0401. The largest absolute Gasteiger partial charge is 0.320 e. The van der Waals surface area contributed by atoms with Gasteiger partial charge in [-0.1, -0.05) is 32.4 Å². The van der Waals surface area contributed by atoms with E-state index in [-0.39, 0.29) is 0 Å². The molecule has 2 heteroatoms. The van der Waals surface area contributed by atoms with Crippen molar-refractivity contribution in [1.29, 1.82) is 0 Å². The Hall–Kier alpha value is -0.340. The zero-order valence-corrected chi connectivity index (χ0v) is 17.7. The summed E-state index contributed by atoms with van der Waals surface area (Å²) in [5, 5.41) is 7.11.